The fourth-order valence-electron chi connectivity index (χ4n) is 3.86. The van der Waals surface area contributed by atoms with E-state index >= 15 is 0 Å². The molecule has 3 rings (SSSR count). The summed E-state index contributed by atoms with van der Waals surface area (Å²) in [6.45, 7) is 9.39. The minimum atomic E-state index is -3.26. The van der Waals surface area contributed by atoms with Gasteiger partial charge in [0.2, 0.25) is 10.0 Å². The second-order valence-corrected chi connectivity index (χ2v) is 9.61. The summed E-state index contributed by atoms with van der Waals surface area (Å²) < 4.78 is 29.4. The molecule has 1 amide bonds. The van der Waals surface area contributed by atoms with Crippen molar-refractivity contribution in [3.63, 3.8) is 0 Å². The molecule has 9 heteroatoms. The van der Waals surface area contributed by atoms with Gasteiger partial charge in [0.05, 0.1) is 30.7 Å². The van der Waals surface area contributed by atoms with E-state index in [9.17, 15) is 13.2 Å². The number of carbonyl (C=O) groups excluding carboxylic acids is 1. The van der Waals surface area contributed by atoms with E-state index < -0.39 is 10.0 Å². The maximum Gasteiger partial charge on any atom is 0.270 e. The van der Waals surface area contributed by atoms with Gasteiger partial charge in [0.15, 0.2) is 0 Å². The largest absolute Gasteiger partial charge is 0.339 e. The Hall–Kier alpha value is -2.13. The van der Waals surface area contributed by atoms with Gasteiger partial charge in [-0.3, -0.25) is 9.48 Å². The van der Waals surface area contributed by atoms with Crippen LogP contribution < -0.4 is 0 Å². The lowest BCUT2D eigenvalue weighted by molar-refractivity contribution is 0.0737. The zero-order valence-electron chi connectivity index (χ0n) is 17.8. The highest BCUT2D eigenvalue weighted by Crippen LogP contribution is 2.21. The van der Waals surface area contributed by atoms with E-state index in [0.29, 0.717) is 44.8 Å². The second-order valence-electron chi connectivity index (χ2n) is 7.63. The monoisotopic (exact) mass is 421 g/mol. The van der Waals surface area contributed by atoms with Gasteiger partial charge in [0.25, 0.3) is 5.91 Å². The van der Waals surface area contributed by atoms with E-state index in [1.54, 1.807) is 0 Å². The van der Waals surface area contributed by atoms with Crippen LogP contribution in [0.4, 0.5) is 0 Å². The van der Waals surface area contributed by atoms with Gasteiger partial charge in [-0.25, -0.2) is 8.42 Å². The van der Waals surface area contributed by atoms with Crippen LogP contribution in [0.5, 0.6) is 0 Å². The predicted molar refractivity (Wildman–Crippen MR) is 112 cm³/mol. The molecule has 1 aliphatic rings. The van der Waals surface area contributed by atoms with Crippen LogP contribution in [0.3, 0.4) is 0 Å². The van der Waals surface area contributed by atoms with Crippen LogP contribution in [0.1, 0.15) is 54.3 Å². The van der Waals surface area contributed by atoms with Crippen LogP contribution in [0, 0.1) is 6.92 Å². The lowest BCUT2D eigenvalue weighted by atomic mass is 10.3. The lowest BCUT2D eigenvalue weighted by Gasteiger charge is -2.22. The summed E-state index contributed by atoms with van der Waals surface area (Å²) in [4.78, 5) is 15.1. The minimum Gasteiger partial charge on any atom is -0.339 e. The Labute approximate surface area is 173 Å². The van der Waals surface area contributed by atoms with E-state index in [-0.39, 0.29) is 5.91 Å². The molecule has 1 aliphatic heterocycles. The number of rotatable bonds is 7. The van der Waals surface area contributed by atoms with Crippen molar-refractivity contribution < 1.29 is 13.2 Å². The Balaban J connectivity index is 1.84. The number of carbonyl (C=O) groups is 1. The van der Waals surface area contributed by atoms with Crippen LogP contribution in [0.15, 0.2) is 18.2 Å². The quantitative estimate of drug-likeness (QED) is 0.687. The topological polar surface area (TPSA) is 80.4 Å². The second kappa shape index (κ2) is 8.71. The Morgan fingerprint density at radius 2 is 2.00 bits per heavy atom. The molecule has 0 saturated carbocycles. The van der Waals surface area contributed by atoms with E-state index in [0.717, 1.165) is 30.0 Å². The van der Waals surface area contributed by atoms with E-state index in [2.05, 4.69) is 12.0 Å². The molecule has 0 aliphatic carbocycles. The number of hydrogen-bond donors (Lipinski definition) is 0. The number of aryl methyl sites for hydroxylation is 2. The maximum atomic E-state index is 13.3. The van der Waals surface area contributed by atoms with Crippen molar-refractivity contribution in [1.29, 1.82) is 0 Å². The van der Waals surface area contributed by atoms with Crippen LogP contribution in [0.2, 0.25) is 0 Å². The van der Waals surface area contributed by atoms with Gasteiger partial charge in [0, 0.05) is 31.9 Å². The molecule has 0 radical (unpaired) electrons. The molecule has 2 aromatic heterocycles. The molecule has 0 spiro atoms. The Morgan fingerprint density at radius 1 is 1.24 bits per heavy atom. The van der Waals surface area contributed by atoms with Crippen molar-refractivity contribution >= 4 is 15.9 Å². The first-order valence-corrected chi connectivity index (χ1v) is 12.1. The van der Waals surface area contributed by atoms with E-state index in [1.807, 2.05) is 46.2 Å². The summed E-state index contributed by atoms with van der Waals surface area (Å²) in [5.41, 5.74) is 3.47. The first kappa shape index (κ1) is 21.6. The highest BCUT2D eigenvalue weighted by atomic mass is 32.2. The smallest absolute Gasteiger partial charge is 0.270 e. The zero-order chi connectivity index (χ0) is 21.2. The molecule has 0 fully saturated rings. The first-order chi connectivity index (χ1) is 13.7. The third-order valence-electron chi connectivity index (χ3n) is 5.33. The standard InChI is InChI=1S/C20H31N5O3S/c1-5-10-25-18(13-16(3)21-25)14-22(6-2)20(26)19-9-8-17-15-23(29(4,27)28)11-7-12-24(17)19/h8-9,13H,5-7,10-12,14-15H2,1-4H3. The SMILES string of the molecule is CCCn1nc(C)cc1CN(CC)C(=O)c1ccc2n1CCCN(S(C)(=O)=O)C2. The third kappa shape index (κ3) is 4.72. The fraction of sp³-hybridized carbons (Fsp3) is 0.600. The van der Waals surface area contributed by atoms with Gasteiger partial charge < -0.3 is 9.47 Å². The Kier molecular flexibility index (Phi) is 6.48. The molecule has 0 bridgehead atoms. The van der Waals surface area contributed by atoms with Crippen molar-refractivity contribution in [2.45, 2.75) is 59.8 Å². The molecule has 8 nitrogen and oxygen atoms in total. The summed E-state index contributed by atoms with van der Waals surface area (Å²) in [5.74, 6) is -0.0338. The molecule has 0 N–H and O–H groups in total. The lowest BCUT2D eigenvalue weighted by Crippen LogP contribution is -2.33. The molecule has 160 valence electrons. The Morgan fingerprint density at radius 3 is 2.66 bits per heavy atom. The predicted octanol–water partition coefficient (Wildman–Crippen LogP) is 2.23. The number of hydrogen-bond acceptors (Lipinski definition) is 4. The summed E-state index contributed by atoms with van der Waals surface area (Å²) in [6, 6.07) is 5.73. The highest BCUT2D eigenvalue weighted by molar-refractivity contribution is 7.88. The van der Waals surface area contributed by atoms with Gasteiger partial charge in [0.1, 0.15) is 5.69 Å². The Bertz CT molecular complexity index is 976. The molecule has 0 saturated heterocycles. The zero-order valence-corrected chi connectivity index (χ0v) is 18.6. The van der Waals surface area contributed by atoms with Crippen LogP contribution in [0.25, 0.3) is 0 Å². The molecule has 3 heterocycles. The van der Waals surface area contributed by atoms with Gasteiger partial charge in [-0.2, -0.15) is 9.40 Å². The molecular weight excluding hydrogens is 390 g/mol. The van der Waals surface area contributed by atoms with Gasteiger partial charge in [-0.1, -0.05) is 6.92 Å². The summed E-state index contributed by atoms with van der Waals surface area (Å²) in [6.07, 6.45) is 2.90. The molecular formula is C20H31N5O3S. The number of fused-ring (bicyclic) bond motifs is 1. The summed E-state index contributed by atoms with van der Waals surface area (Å²) in [7, 11) is -3.26. The van der Waals surface area contributed by atoms with Crippen molar-refractivity contribution in [3.05, 3.63) is 41.0 Å². The molecule has 2 aromatic rings. The van der Waals surface area contributed by atoms with Gasteiger partial charge >= 0.3 is 0 Å². The summed E-state index contributed by atoms with van der Waals surface area (Å²) in [5, 5.41) is 4.53. The molecule has 0 aromatic carbocycles. The van der Waals surface area contributed by atoms with Crippen LogP contribution >= 0.6 is 0 Å². The van der Waals surface area contributed by atoms with Gasteiger partial charge in [-0.15, -0.1) is 0 Å². The molecule has 29 heavy (non-hydrogen) atoms. The van der Waals surface area contributed by atoms with Crippen LogP contribution in [-0.4, -0.2) is 57.2 Å². The van der Waals surface area contributed by atoms with E-state index in [4.69, 9.17) is 0 Å². The van der Waals surface area contributed by atoms with Crippen molar-refractivity contribution in [2.24, 2.45) is 0 Å². The van der Waals surface area contributed by atoms with E-state index in [1.165, 1.54) is 10.6 Å². The van der Waals surface area contributed by atoms with Crippen molar-refractivity contribution in [2.75, 3.05) is 19.3 Å². The molecule has 0 atom stereocenters. The normalized spacial score (nSPS) is 15.2. The summed E-state index contributed by atoms with van der Waals surface area (Å²) >= 11 is 0. The number of amides is 1. The molecule has 0 unspecified atom stereocenters. The van der Waals surface area contributed by atoms with Crippen LogP contribution in [-0.2, 0) is 36.2 Å². The minimum absolute atomic E-state index is 0.0338. The average Bonchev–Trinajstić information content (AvgIpc) is 3.13. The van der Waals surface area contributed by atoms with Gasteiger partial charge in [-0.05, 0) is 44.9 Å². The number of nitrogens with zero attached hydrogens (tertiary/aromatic N) is 5. The number of aromatic nitrogens is 3. The van der Waals surface area contributed by atoms with Crippen molar-refractivity contribution in [1.82, 2.24) is 23.6 Å². The number of sulfonamides is 1. The van der Waals surface area contributed by atoms with Crippen molar-refractivity contribution in [3.8, 4) is 0 Å². The average molecular weight is 422 g/mol. The third-order valence-corrected chi connectivity index (χ3v) is 6.58. The first-order valence-electron chi connectivity index (χ1n) is 10.2. The maximum absolute atomic E-state index is 13.3. The highest BCUT2D eigenvalue weighted by Gasteiger charge is 2.26. The fourth-order valence-corrected chi connectivity index (χ4v) is 4.69.